The summed E-state index contributed by atoms with van der Waals surface area (Å²) >= 11 is 3.51. The van der Waals surface area contributed by atoms with Gasteiger partial charge in [-0.3, -0.25) is 4.98 Å². The van der Waals surface area contributed by atoms with E-state index in [1.54, 1.807) is 0 Å². The number of hydrogen-bond acceptors (Lipinski definition) is 3. The highest BCUT2D eigenvalue weighted by Gasteiger charge is 2.41. The Kier molecular flexibility index (Phi) is 4.88. The number of nitrogens with zero attached hydrogens (tertiary/aromatic N) is 1. The van der Waals surface area contributed by atoms with Crippen molar-refractivity contribution in [3.63, 3.8) is 0 Å². The van der Waals surface area contributed by atoms with E-state index in [-0.39, 0.29) is 17.1 Å². The lowest BCUT2D eigenvalue weighted by molar-refractivity contribution is 0.0597. The van der Waals surface area contributed by atoms with Crippen LogP contribution in [-0.2, 0) is 11.2 Å². The van der Waals surface area contributed by atoms with Gasteiger partial charge in [0.25, 0.3) is 0 Å². The van der Waals surface area contributed by atoms with Crippen LogP contribution in [0, 0.1) is 5.41 Å². The van der Waals surface area contributed by atoms with Gasteiger partial charge in [0.1, 0.15) is 0 Å². The van der Waals surface area contributed by atoms with Crippen LogP contribution in [-0.4, -0.2) is 29.8 Å². The maximum atomic E-state index is 5.86. The quantitative estimate of drug-likeness (QED) is 0.909. The fraction of sp³-hybridized carbons (Fsp3) is 0.688. The summed E-state index contributed by atoms with van der Waals surface area (Å²) in [6.07, 6.45) is 6.18. The van der Waals surface area contributed by atoms with Crippen LogP contribution >= 0.6 is 15.9 Å². The highest BCUT2D eigenvalue weighted by atomic mass is 79.9. The van der Waals surface area contributed by atoms with Gasteiger partial charge >= 0.3 is 0 Å². The monoisotopic (exact) mass is 340 g/mol. The van der Waals surface area contributed by atoms with Gasteiger partial charge in [0.2, 0.25) is 0 Å². The fourth-order valence-electron chi connectivity index (χ4n) is 2.75. The second-order valence-corrected chi connectivity index (χ2v) is 7.83. The van der Waals surface area contributed by atoms with Crippen molar-refractivity contribution < 1.29 is 4.74 Å². The molecular formula is C16H25BrN2O. The van der Waals surface area contributed by atoms with Crippen LogP contribution in [0.15, 0.2) is 22.9 Å². The first-order valence-corrected chi connectivity index (χ1v) is 8.06. The molecule has 3 nitrogen and oxygen atoms in total. The molecule has 1 fully saturated rings. The van der Waals surface area contributed by atoms with Gasteiger partial charge in [-0.15, -0.1) is 0 Å². The number of rotatable bonds is 4. The summed E-state index contributed by atoms with van der Waals surface area (Å²) in [5.41, 5.74) is 1.56. The summed E-state index contributed by atoms with van der Waals surface area (Å²) in [5, 5.41) is 3.66. The standard InChI is InChI=1S/C16H25BrN2O/c1-12-16(5-6-20-12,11-19-15(2,3)4)8-13-7-14(17)10-18-9-13/h7,9-10,12,19H,5-6,8,11H2,1-4H3. The minimum Gasteiger partial charge on any atom is -0.378 e. The van der Waals surface area contributed by atoms with Crippen LogP contribution in [0.25, 0.3) is 0 Å². The maximum absolute atomic E-state index is 5.86. The third kappa shape index (κ3) is 4.03. The lowest BCUT2D eigenvalue weighted by atomic mass is 9.76. The van der Waals surface area contributed by atoms with E-state index in [0.29, 0.717) is 0 Å². The number of ether oxygens (including phenoxy) is 1. The molecule has 0 spiro atoms. The molecule has 112 valence electrons. The number of halogens is 1. The summed E-state index contributed by atoms with van der Waals surface area (Å²) in [6.45, 7) is 10.7. The Balaban J connectivity index is 2.15. The van der Waals surface area contributed by atoms with Gasteiger partial charge in [-0.1, -0.05) is 0 Å². The Morgan fingerprint density at radius 2 is 2.20 bits per heavy atom. The van der Waals surface area contributed by atoms with E-state index in [0.717, 1.165) is 30.5 Å². The molecule has 0 radical (unpaired) electrons. The molecule has 1 aliphatic rings. The molecule has 0 amide bonds. The van der Waals surface area contributed by atoms with Crippen LogP contribution in [0.5, 0.6) is 0 Å². The van der Waals surface area contributed by atoms with E-state index in [9.17, 15) is 0 Å². The van der Waals surface area contributed by atoms with Crippen molar-refractivity contribution in [1.82, 2.24) is 10.3 Å². The molecule has 0 saturated carbocycles. The van der Waals surface area contributed by atoms with E-state index in [2.05, 4.69) is 60.0 Å². The van der Waals surface area contributed by atoms with E-state index in [1.165, 1.54) is 5.56 Å². The Hall–Kier alpha value is -0.450. The summed E-state index contributed by atoms with van der Waals surface area (Å²) in [6, 6.07) is 2.16. The predicted molar refractivity (Wildman–Crippen MR) is 85.9 cm³/mol. The zero-order valence-corrected chi connectivity index (χ0v) is 14.5. The van der Waals surface area contributed by atoms with Gasteiger partial charge in [0.15, 0.2) is 0 Å². The Morgan fingerprint density at radius 3 is 2.75 bits per heavy atom. The minimum atomic E-state index is 0.130. The highest BCUT2D eigenvalue weighted by Crippen LogP contribution is 2.38. The molecule has 1 aromatic heterocycles. The van der Waals surface area contributed by atoms with Crippen molar-refractivity contribution in [3.8, 4) is 0 Å². The van der Waals surface area contributed by atoms with Gasteiger partial charge in [0, 0.05) is 41.0 Å². The fourth-order valence-corrected chi connectivity index (χ4v) is 3.16. The molecule has 0 bridgehead atoms. The summed E-state index contributed by atoms with van der Waals surface area (Å²) < 4.78 is 6.91. The van der Waals surface area contributed by atoms with Crippen molar-refractivity contribution in [2.75, 3.05) is 13.2 Å². The zero-order valence-electron chi connectivity index (χ0n) is 12.9. The van der Waals surface area contributed by atoms with Crippen molar-refractivity contribution >= 4 is 15.9 Å². The van der Waals surface area contributed by atoms with Crippen molar-refractivity contribution in [2.45, 2.75) is 52.2 Å². The predicted octanol–water partition coefficient (Wildman–Crippen LogP) is 3.57. The molecule has 4 heteroatoms. The topological polar surface area (TPSA) is 34.1 Å². The van der Waals surface area contributed by atoms with Crippen LogP contribution in [0.1, 0.15) is 39.7 Å². The van der Waals surface area contributed by atoms with Crippen molar-refractivity contribution in [2.24, 2.45) is 5.41 Å². The van der Waals surface area contributed by atoms with Gasteiger partial charge in [-0.2, -0.15) is 0 Å². The molecule has 1 N–H and O–H groups in total. The van der Waals surface area contributed by atoms with Crippen LogP contribution in [0.3, 0.4) is 0 Å². The Labute approximate surface area is 130 Å². The average molecular weight is 341 g/mol. The third-order valence-corrected chi connectivity index (χ3v) is 4.55. The molecular weight excluding hydrogens is 316 g/mol. The minimum absolute atomic E-state index is 0.130. The van der Waals surface area contributed by atoms with Crippen molar-refractivity contribution in [1.29, 1.82) is 0 Å². The van der Waals surface area contributed by atoms with E-state index in [1.807, 2.05) is 12.4 Å². The summed E-state index contributed by atoms with van der Waals surface area (Å²) in [5.74, 6) is 0. The van der Waals surface area contributed by atoms with Gasteiger partial charge < -0.3 is 10.1 Å². The number of nitrogens with one attached hydrogen (secondary N) is 1. The first kappa shape index (κ1) is 15.9. The number of hydrogen-bond donors (Lipinski definition) is 1. The molecule has 2 rings (SSSR count). The van der Waals surface area contributed by atoms with E-state index < -0.39 is 0 Å². The smallest absolute Gasteiger partial charge is 0.0619 e. The summed E-state index contributed by atoms with van der Waals surface area (Å²) in [4.78, 5) is 4.28. The lowest BCUT2D eigenvalue weighted by Crippen LogP contribution is -2.47. The first-order valence-electron chi connectivity index (χ1n) is 7.27. The molecule has 0 aliphatic carbocycles. The first-order chi connectivity index (χ1) is 9.31. The average Bonchev–Trinajstić information content (AvgIpc) is 2.68. The largest absolute Gasteiger partial charge is 0.378 e. The van der Waals surface area contributed by atoms with Crippen LogP contribution in [0.4, 0.5) is 0 Å². The van der Waals surface area contributed by atoms with E-state index in [4.69, 9.17) is 4.74 Å². The zero-order chi connectivity index (χ0) is 14.8. The lowest BCUT2D eigenvalue weighted by Gasteiger charge is -2.36. The van der Waals surface area contributed by atoms with Crippen LogP contribution in [0.2, 0.25) is 0 Å². The van der Waals surface area contributed by atoms with Gasteiger partial charge in [-0.25, -0.2) is 0 Å². The molecule has 1 aromatic rings. The second kappa shape index (κ2) is 6.12. The summed E-state index contributed by atoms with van der Waals surface area (Å²) in [7, 11) is 0. The normalized spacial score (nSPS) is 26.9. The molecule has 20 heavy (non-hydrogen) atoms. The molecule has 0 aromatic carbocycles. The second-order valence-electron chi connectivity index (χ2n) is 6.92. The highest BCUT2D eigenvalue weighted by molar-refractivity contribution is 9.10. The van der Waals surface area contributed by atoms with Crippen molar-refractivity contribution in [3.05, 3.63) is 28.5 Å². The maximum Gasteiger partial charge on any atom is 0.0619 e. The number of pyridine rings is 1. The van der Waals surface area contributed by atoms with Crippen LogP contribution < -0.4 is 5.32 Å². The molecule has 2 unspecified atom stereocenters. The van der Waals surface area contributed by atoms with Gasteiger partial charge in [-0.05, 0) is 68.1 Å². The number of aromatic nitrogens is 1. The van der Waals surface area contributed by atoms with E-state index >= 15 is 0 Å². The molecule has 2 atom stereocenters. The Morgan fingerprint density at radius 1 is 1.45 bits per heavy atom. The molecule has 1 aliphatic heterocycles. The molecule has 1 saturated heterocycles. The molecule has 2 heterocycles. The van der Waals surface area contributed by atoms with Gasteiger partial charge in [0.05, 0.1) is 6.10 Å². The SMILES string of the molecule is CC1OCCC1(CNC(C)(C)C)Cc1cncc(Br)c1. The Bertz CT molecular complexity index is 458. The third-order valence-electron chi connectivity index (χ3n) is 4.12.